The van der Waals surface area contributed by atoms with Crippen LogP contribution >= 0.6 is 0 Å². The van der Waals surface area contributed by atoms with Crippen LogP contribution in [-0.2, 0) is 0 Å². The number of allylic oxidation sites excluding steroid dienone is 4. The van der Waals surface area contributed by atoms with Gasteiger partial charge in [-0.05, 0) is 26.0 Å². The van der Waals surface area contributed by atoms with E-state index >= 15 is 0 Å². The van der Waals surface area contributed by atoms with Crippen molar-refractivity contribution in [2.45, 2.75) is 20.0 Å². The van der Waals surface area contributed by atoms with Crippen LogP contribution < -0.4 is 5.73 Å². The minimum atomic E-state index is -4.42. The summed E-state index contributed by atoms with van der Waals surface area (Å²) in [6.45, 7) is 6.33. The zero-order chi connectivity index (χ0) is 10.6. The second kappa shape index (κ2) is 4.16. The summed E-state index contributed by atoms with van der Waals surface area (Å²) in [5.41, 5.74) is 4.49. The van der Waals surface area contributed by atoms with Gasteiger partial charge in [-0.1, -0.05) is 12.2 Å². The lowest BCUT2D eigenvalue weighted by Gasteiger charge is -2.10. The number of nitrogens with two attached hydrogens (primary N) is 1. The van der Waals surface area contributed by atoms with Crippen molar-refractivity contribution in [2.24, 2.45) is 5.73 Å². The van der Waals surface area contributed by atoms with Crippen LogP contribution in [0.15, 0.2) is 35.6 Å². The van der Waals surface area contributed by atoms with E-state index in [-0.39, 0.29) is 5.70 Å². The molecule has 0 radical (unpaired) electrons. The van der Waals surface area contributed by atoms with Gasteiger partial charge in [0.05, 0.1) is 5.57 Å². The molecule has 0 atom stereocenters. The average molecular weight is 191 g/mol. The van der Waals surface area contributed by atoms with Gasteiger partial charge in [-0.3, -0.25) is 0 Å². The maximum Gasteiger partial charge on any atom is 0.418 e. The summed E-state index contributed by atoms with van der Waals surface area (Å²) in [5, 5.41) is 0. The van der Waals surface area contributed by atoms with Crippen LogP contribution in [0.3, 0.4) is 0 Å². The van der Waals surface area contributed by atoms with Crippen molar-refractivity contribution < 1.29 is 13.2 Å². The Morgan fingerprint density at radius 1 is 1.31 bits per heavy atom. The molecule has 0 bridgehead atoms. The van der Waals surface area contributed by atoms with E-state index in [1.807, 2.05) is 0 Å². The molecule has 0 aliphatic heterocycles. The van der Waals surface area contributed by atoms with Crippen LogP contribution in [0.25, 0.3) is 0 Å². The van der Waals surface area contributed by atoms with E-state index in [0.717, 1.165) is 12.2 Å². The molecule has 0 aromatic carbocycles. The minimum Gasteiger partial charge on any atom is -0.398 e. The molecule has 0 heterocycles. The van der Waals surface area contributed by atoms with Gasteiger partial charge >= 0.3 is 6.18 Å². The third kappa shape index (κ3) is 3.83. The van der Waals surface area contributed by atoms with E-state index in [4.69, 9.17) is 5.73 Å². The topological polar surface area (TPSA) is 26.0 Å². The summed E-state index contributed by atoms with van der Waals surface area (Å²) < 4.78 is 36.9. The fraction of sp³-hybridized carbons (Fsp3) is 0.333. The van der Waals surface area contributed by atoms with E-state index in [1.165, 1.54) is 0 Å². The van der Waals surface area contributed by atoms with Gasteiger partial charge in [0.1, 0.15) is 0 Å². The fourth-order valence-corrected chi connectivity index (χ4v) is 0.727. The molecule has 0 aromatic heterocycles. The van der Waals surface area contributed by atoms with E-state index in [2.05, 4.69) is 6.58 Å². The Bertz CT molecular complexity index is 255. The fourth-order valence-electron chi connectivity index (χ4n) is 0.727. The van der Waals surface area contributed by atoms with Gasteiger partial charge in [0.25, 0.3) is 0 Å². The highest BCUT2D eigenvalue weighted by Crippen LogP contribution is 2.28. The summed E-state index contributed by atoms with van der Waals surface area (Å²) in [7, 11) is 0. The van der Waals surface area contributed by atoms with Crippen molar-refractivity contribution in [1.82, 2.24) is 0 Å². The lowest BCUT2D eigenvalue weighted by molar-refractivity contribution is -0.0889. The van der Waals surface area contributed by atoms with Crippen molar-refractivity contribution in [1.29, 1.82) is 0 Å². The van der Waals surface area contributed by atoms with Gasteiger partial charge in [0.2, 0.25) is 0 Å². The summed E-state index contributed by atoms with van der Waals surface area (Å²) in [5.74, 6) is 0. The van der Waals surface area contributed by atoms with Crippen LogP contribution in [0.2, 0.25) is 0 Å². The zero-order valence-corrected chi connectivity index (χ0v) is 7.57. The van der Waals surface area contributed by atoms with Gasteiger partial charge in [-0.25, -0.2) is 0 Å². The SMILES string of the molecule is C=C/C(N)=C(\C=C(C)C)C(F)(F)F. The van der Waals surface area contributed by atoms with E-state index in [0.29, 0.717) is 5.57 Å². The second-order valence-electron chi connectivity index (χ2n) is 2.79. The highest BCUT2D eigenvalue weighted by molar-refractivity contribution is 5.35. The zero-order valence-electron chi connectivity index (χ0n) is 7.57. The Labute approximate surface area is 75.4 Å². The molecule has 1 nitrogen and oxygen atoms in total. The highest BCUT2D eigenvalue weighted by Gasteiger charge is 2.33. The number of hydrogen-bond acceptors (Lipinski definition) is 1. The van der Waals surface area contributed by atoms with E-state index in [9.17, 15) is 13.2 Å². The molecule has 0 saturated heterocycles. The highest BCUT2D eigenvalue weighted by atomic mass is 19.4. The standard InChI is InChI=1S/C9H12F3N/c1-4-8(13)7(5-6(2)3)9(10,11)12/h4-5H,1,13H2,2-3H3/b8-7-. The molecular weight excluding hydrogens is 179 g/mol. The first-order valence-corrected chi connectivity index (χ1v) is 3.63. The van der Waals surface area contributed by atoms with Crippen LogP contribution in [-0.4, -0.2) is 6.18 Å². The Hall–Kier alpha value is -1.19. The molecule has 0 unspecified atom stereocenters. The van der Waals surface area contributed by atoms with Crippen molar-refractivity contribution in [3.8, 4) is 0 Å². The first-order valence-electron chi connectivity index (χ1n) is 3.63. The number of rotatable bonds is 2. The predicted octanol–water partition coefficient (Wildman–Crippen LogP) is 2.91. The molecular formula is C9H12F3N. The third-order valence-corrected chi connectivity index (χ3v) is 1.27. The molecule has 0 amide bonds. The van der Waals surface area contributed by atoms with Gasteiger partial charge in [-0.2, -0.15) is 13.2 Å². The normalized spacial score (nSPS) is 13.3. The van der Waals surface area contributed by atoms with Gasteiger partial charge in [0.15, 0.2) is 0 Å². The predicted molar refractivity (Wildman–Crippen MR) is 46.9 cm³/mol. The lowest BCUT2D eigenvalue weighted by atomic mass is 10.1. The van der Waals surface area contributed by atoms with Gasteiger partial charge < -0.3 is 5.73 Å². The van der Waals surface area contributed by atoms with Crippen LogP contribution in [0.1, 0.15) is 13.8 Å². The molecule has 2 N–H and O–H groups in total. The summed E-state index contributed by atoms with van der Waals surface area (Å²) >= 11 is 0. The van der Waals surface area contributed by atoms with Gasteiger partial charge in [-0.15, -0.1) is 0 Å². The molecule has 0 fully saturated rings. The largest absolute Gasteiger partial charge is 0.418 e. The number of hydrogen-bond donors (Lipinski definition) is 1. The quantitative estimate of drug-likeness (QED) is 0.667. The van der Waals surface area contributed by atoms with E-state index < -0.39 is 11.7 Å². The molecule has 0 aromatic rings. The number of alkyl halides is 3. The Kier molecular flexibility index (Phi) is 3.78. The average Bonchev–Trinajstić information content (AvgIpc) is 1.96. The minimum absolute atomic E-state index is 0.353. The third-order valence-electron chi connectivity index (χ3n) is 1.27. The molecule has 13 heavy (non-hydrogen) atoms. The Morgan fingerprint density at radius 2 is 1.77 bits per heavy atom. The smallest absolute Gasteiger partial charge is 0.398 e. The lowest BCUT2D eigenvalue weighted by Crippen LogP contribution is -2.15. The van der Waals surface area contributed by atoms with Crippen LogP contribution in [0, 0.1) is 0 Å². The molecule has 4 heteroatoms. The second-order valence-corrected chi connectivity index (χ2v) is 2.79. The van der Waals surface area contributed by atoms with Gasteiger partial charge in [0, 0.05) is 5.70 Å². The summed E-state index contributed by atoms with van der Waals surface area (Å²) in [4.78, 5) is 0. The molecule has 0 aliphatic carbocycles. The first-order chi connectivity index (χ1) is 5.79. The monoisotopic (exact) mass is 191 g/mol. The Morgan fingerprint density at radius 3 is 2.00 bits per heavy atom. The molecule has 0 spiro atoms. The van der Waals surface area contributed by atoms with Crippen molar-refractivity contribution in [3.05, 3.63) is 35.6 Å². The maximum absolute atomic E-state index is 12.3. The Balaban J connectivity index is 5.24. The van der Waals surface area contributed by atoms with Crippen LogP contribution in [0.5, 0.6) is 0 Å². The maximum atomic E-state index is 12.3. The molecule has 0 aliphatic rings. The summed E-state index contributed by atoms with van der Waals surface area (Å²) in [6, 6.07) is 0. The number of halogens is 3. The summed E-state index contributed by atoms with van der Waals surface area (Å²) in [6.07, 6.45) is -2.44. The molecule has 0 rings (SSSR count). The molecule has 0 saturated carbocycles. The van der Waals surface area contributed by atoms with Crippen molar-refractivity contribution in [3.63, 3.8) is 0 Å². The van der Waals surface area contributed by atoms with Crippen LogP contribution in [0.4, 0.5) is 13.2 Å². The van der Waals surface area contributed by atoms with E-state index in [1.54, 1.807) is 13.8 Å². The first kappa shape index (κ1) is 11.8. The van der Waals surface area contributed by atoms with Crippen molar-refractivity contribution in [2.75, 3.05) is 0 Å². The molecule has 74 valence electrons. The van der Waals surface area contributed by atoms with Crippen molar-refractivity contribution >= 4 is 0 Å².